The standard InChI is InChI=1S/C23H19Cl5O5S.Na/c1-3-32-22-16(7-13(25)9-18(22)27)21(15-6-5-12(24)11-20(15)34(29,30)31)17-8-14(26)10-19(28)23(17)33-4-2;/h5-11,21H,3-4H2,1-2H3,(H,29,30,31);/q;+1/p-1. The molecule has 0 saturated carbocycles. The van der Waals surface area contributed by atoms with Crippen molar-refractivity contribution in [3.63, 3.8) is 0 Å². The van der Waals surface area contributed by atoms with Gasteiger partial charge in [0, 0.05) is 32.1 Å². The third-order valence-corrected chi connectivity index (χ3v) is 6.95. The topological polar surface area (TPSA) is 75.7 Å². The number of hydrogen-bond acceptors (Lipinski definition) is 5. The molecule has 3 rings (SSSR count). The summed E-state index contributed by atoms with van der Waals surface area (Å²) < 4.78 is 48.5. The second-order valence-electron chi connectivity index (χ2n) is 7.05. The average Bonchev–Trinajstić information content (AvgIpc) is 2.73. The molecule has 0 atom stereocenters. The van der Waals surface area contributed by atoms with Crippen molar-refractivity contribution in [2.24, 2.45) is 0 Å². The Labute approximate surface area is 251 Å². The zero-order valence-corrected chi connectivity index (χ0v) is 25.5. The van der Waals surface area contributed by atoms with Crippen LogP contribution in [0.4, 0.5) is 0 Å². The van der Waals surface area contributed by atoms with Gasteiger partial charge in [-0.2, -0.15) is 0 Å². The number of hydrogen-bond donors (Lipinski definition) is 0. The Morgan fingerprint density at radius 1 is 0.743 bits per heavy atom. The van der Waals surface area contributed by atoms with Gasteiger partial charge >= 0.3 is 29.6 Å². The molecule has 3 aromatic carbocycles. The van der Waals surface area contributed by atoms with Gasteiger partial charge in [-0.05, 0) is 55.8 Å². The third kappa shape index (κ3) is 7.14. The van der Waals surface area contributed by atoms with Crippen molar-refractivity contribution in [3.05, 3.63) is 84.3 Å². The molecule has 0 fully saturated rings. The second-order valence-corrected chi connectivity index (χ2v) is 10.5. The van der Waals surface area contributed by atoms with Crippen LogP contribution in [0.3, 0.4) is 0 Å². The first-order valence-electron chi connectivity index (χ1n) is 9.96. The van der Waals surface area contributed by atoms with Crippen LogP contribution in [0.1, 0.15) is 36.5 Å². The maximum absolute atomic E-state index is 12.3. The van der Waals surface area contributed by atoms with Crippen molar-refractivity contribution in [3.8, 4) is 11.5 Å². The summed E-state index contributed by atoms with van der Waals surface area (Å²) in [6.45, 7) is 4.04. The quantitative estimate of drug-likeness (QED) is 0.209. The van der Waals surface area contributed by atoms with Crippen molar-refractivity contribution in [1.82, 2.24) is 0 Å². The van der Waals surface area contributed by atoms with E-state index in [1.54, 1.807) is 26.0 Å². The molecule has 0 N–H and O–H groups in total. The molecule has 35 heavy (non-hydrogen) atoms. The van der Waals surface area contributed by atoms with Crippen molar-refractivity contribution in [2.75, 3.05) is 13.2 Å². The van der Waals surface area contributed by atoms with E-state index in [1.165, 1.54) is 24.3 Å². The maximum atomic E-state index is 12.3. The van der Waals surface area contributed by atoms with E-state index in [0.29, 0.717) is 11.1 Å². The maximum Gasteiger partial charge on any atom is 1.00 e. The number of rotatable bonds is 8. The van der Waals surface area contributed by atoms with E-state index in [2.05, 4.69) is 0 Å². The predicted octanol–water partition coefficient (Wildman–Crippen LogP) is 4.84. The van der Waals surface area contributed by atoms with Gasteiger partial charge in [-0.25, -0.2) is 8.42 Å². The van der Waals surface area contributed by atoms with E-state index < -0.39 is 20.9 Å². The summed E-state index contributed by atoms with van der Waals surface area (Å²) >= 11 is 31.6. The van der Waals surface area contributed by atoms with E-state index in [4.69, 9.17) is 67.5 Å². The van der Waals surface area contributed by atoms with Crippen molar-refractivity contribution in [1.29, 1.82) is 0 Å². The van der Waals surface area contributed by atoms with Gasteiger partial charge in [0.1, 0.15) is 21.6 Å². The average molecular weight is 607 g/mol. The minimum Gasteiger partial charge on any atom is -0.744 e. The molecule has 0 aliphatic carbocycles. The van der Waals surface area contributed by atoms with Crippen molar-refractivity contribution >= 4 is 68.1 Å². The molecule has 0 aromatic heterocycles. The van der Waals surface area contributed by atoms with E-state index in [0.717, 1.165) is 6.07 Å². The van der Waals surface area contributed by atoms with Gasteiger partial charge in [-0.3, -0.25) is 0 Å². The third-order valence-electron chi connectivity index (χ3n) is 4.83. The van der Waals surface area contributed by atoms with E-state index >= 15 is 0 Å². The summed E-state index contributed by atoms with van der Waals surface area (Å²) in [6.07, 6.45) is 0. The molecule has 5 nitrogen and oxygen atoms in total. The molecule has 12 heteroatoms. The molecule has 0 amide bonds. The first-order valence-corrected chi connectivity index (χ1v) is 13.3. The fourth-order valence-electron chi connectivity index (χ4n) is 3.65. The number of ether oxygens (including phenoxy) is 2. The molecule has 0 aliphatic rings. The van der Waals surface area contributed by atoms with E-state index in [9.17, 15) is 13.0 Å². The van der Waals surface area contributed by atoms with Gasteiger partial charge in [0.05, 0.1) is 28.2 Å². The van der Waals surface area contributed by atoms with Crippen LogP contribution in [0.2, 0.25) is 25.1 Å². The zero-order valence-electron chi connectivity index (χ0n) is 18.9. The fourth-order valence-corrected chi connectivity index (χ4v) is 5.76. The van der Waals surface area contributed by atoms with E-state index in [1.807, 2.05) is 0 Å². The minimum absolute atomic E-state index is 0. The first-order chi connectivity index (χ1) is 16.0. The van der Waals surface area contributed by atoms with Crippen LogP contribution in [0.15, 0.2) is 47.4 Å². The Morgan fingerprint density at radius 2 is 1.20 bits per heavy atom. The second kappa shape index (κ2) is 12.9. The molecule has 3 aromatic rings. The predicted molar refractivity (Wildman–Crippen MR) is 136 cm³/mol. The first kappa shape index (κ1) is 30.8. The van der Waals surface area contributed by atoms with Crippen LogP contribution in [0.5, 0.6) is 11.5 Å². The van der Waals surface area contributed by atoms with E-state index in [-0.39, 0.29) is 84.9 Å². The summed E-state index contributed by atoms with van der Waals surface area (Å²) in [5, 5.41) is 0.988. The van der Waals surface area contributed by atoms with Gasteiger partial charge in [-0.1, -0.05) is 64.1 Å². The largest absolute Gasteiger partial charge is 1.00 e. The molecule has 0 saturated heterocycles. The Morgan fingerprint density at radius 3 is 1.60 bits per heavy atom. The SMILES string of the molecule is CCOc1c(Cl)cc(Cl)cc1C(c1ccc(Cl)cc1S(=O)(=O)[O-])c1cc(Cl)cc(Cl)c1OCC.[Na+]. The Bertz CT molecular complexity index is 1270. The molecular weight excluding hydrogens is 589 g/mol. The Hall–Kier alpha value is -0.380. The summed E-state index contributed by atoms with van der Waals surface area (Å²) in [5.74, 6) is -0.478. The molecule has 0 spiro atoms. The van der Waals surface area contributed by atoms with Crippen molar-refractivity contribution in [2.45, 2.75) is 24.7 Å². The van der Waals surface area contributed by atoms with Gasteiger partial charge in [0.25, 0.3) is 0 Å². The van der Waals surface area contributed by atoms with Crippen LogP contribution >= 0.6 is 58.0 Å². The molecule has 0 heterocycles. The molecular formula is C23H18Cl5NaO5S. The molecule has 182 valence electrons. The molecule has 0 bridgehead atoms. The Kier molecular flexibility index (Phi) is 11.4. The molecule has 0 unspecified atom stereocenters. The van der Waals surface area contributed by atoms with Gasteiger partial charge in [0.2, 0.25) is 0 Å². The summed E-state index contributed by atoms with van der Waals surface area (Å²) in [6, 6.07) is 10.1. The zero-order chi connectivity index (χ0) is 25.2. The van der Waals surface area contributed by atoms with Crippen LogP contribution in [-0.2, 0) is 10.1 Å². The molecule has 0 aliphatic heterocycles. The number of halogens is 5. The summed E-state index contributed by atoms with van der Waals surface area (Å²) in [4.78, 5) is -0.526. The van der Waals surface area contributed by atoms with Gasteiger partial charge in [-0.15, -0.1) is 0 Å². The molecule has 0 radical (unpaired) electrons. The van der Waals surface area contributed by atoms with Crippen LogP contribution in [0.25, 0.3) is 0 Å². The van der Waals surface area contributed by atoms with Gasteiger partial charge in [0.15, 0.2) is 0 Å². The minimum atomic E-state index is -4.96. The van der Waals surface area contributed by atoms with Crippen LogP contribution < -0.4 is 39.0 Å². The smallest absolute Gasteiger partial charge is 0.744 e. The normalized spacial score (nSPS) is 11.3. The number of benzene rings is 3. The summed E-state index contributed by atoms with van der Waals surface area (Å²) in [5.41, 5.74) is 0.856. The summed E-state index contributed by atoms with van der Waals surface area (Å²) in [7, 11) is -4.96. The van der Waals surface area contributed by atoms with Crippen LogP contribution in [-0.4, -0.2) is 26.2 Å². The van der Waals surface area contributed by atoms with Crippen LogP contribution in [0, 0.1) is 0 Å². The van der Waals surface area contributed by atoms with Gasteiger partial charge < -0.3 is 14.0 Å². The fraction of sp³-hybridized carbons (Fsp3) is 0.217. The van der Waals surface area contributed by atoms with Crippen molar-refractivity contribution < 1.29 is 52.0 Å². The Balaban J connectivity index is 0.00000432. The monoisotopic (exact) mass is 604 g/mol.